The van der Waals surface area contributed by atoms with E-state index in [0.717, 1.165) is 54.8 Å². The topological polar surface area (TPSA) is 80.5 Å². The van der Waals surface area contributed by atoms with Gasteiger partial charge in [0, 0.05) is 11.5 Å². The molecule has 0 saturated carbocycles. The van der Waals surface area contributed by atoms with Gasteiger partial charge in [0.2, 0.25) is 17.6 Å². The summed E-state index contributed by atoms with van der Waals surface area (Å²) in [7, 11) is 1.66. The van der Waals surface area contributed by atoms with Crippen LogP contribution in [0.1, 0.15) is 56.2 Å². The van der Waals surface area contributed by atoms with Crippen molar-refractivity contribution in [2.24, 2.45) is 11.8 Å². The van der Waals surface area contributed by atoms with Gasteiger partial charge < -0.3 is 14.6 Å². The van der Waals surface area contributed by atoms with E-state index < -0.39 is 0 Å². The number of piperidine rings is 1. The van der Waals surface area contributed by atoms with Crippen LogP contribution in [-0.4, -0.2) is 41.1 Å². The number of nitrogens with one attached hydrogen (secondary N) is 1. The van der Waals surface area contributed by atoms with E-state index in [-0.39, 0.29) is 17.9 Å². The SMILES string of the molecule is COc1ccc(C(CC(C)C)NC(=O)C2CCN(Cc3nc(-c4ccccc4C)no3)CC2)cc1. The first-order valence-corrected chi connectivity index (χ1v) is 12.5. The second kappa shape index (κ2) is 11.5. The smallest absolute Gasteiger partial charge is 0.241 e. The molecule has 1 atom stereocenters. The van der Waals surface area contributed by atoms with Gasteiger partial charge in [-0.3, -0.25) is 9.69 Å². The van der Waals surface area contributed by atoms with E-state index in [1.165, 1.54) is 0 Å². The van der Waals surface area contributed by atoms with Gasteiger partial charge in [-0.25, -0.2) is 0 Å². The van der Waals surface area contributed by atoms with Gasteiger partial charge in [0.25, 0.3) is 0 Å². The van der Waals surface area contributed by atoms with Gasteiger partial charge >= 0.3 is 0 Å². The summed E-state index contributed by atoms with van der Waals surface area (Å²) < 4.78 is 10.8. The average molecular weight is 477 g/mol. The third-order valence-corrected chi connectivity index (χ3v) is 6.71. The molecular weight excluding hydrogens is 440 g/mol. The number of benzene rings is 2. The number of methoxy groups -OCH3 is 1. The fourth-order valence-corrected chi connectivity index (χ4v) is 4.67. The number of ether oxygens (including phenoxy) is 1. The fraction of sp³-hybridized carbons (Fsp3) is 0.464. The van der Waals surface area contributed by atoms with Crippen molar-refractivity contribution in [2.75, 3.05) is 20.2 Å². The quantitative estimate of drug-likeness (QED) is 0.459. The van der Waals surface area contributed by atoms with Crippen LogP contribution in [0, 0.1) is 18.8 Å². The number of carbonyl (C=O) groups excluding carboxylic acids is 1. The molecule has 1 amide bonds. The van der Waals surface area contributed by atoms with Crippen molar-refractivity contribution in [3.63, 3.8) is 0 Å². The third kappa shape index (κ3) is 6.48. The summed E-state index contributed by atoms with van der Waals surface area (Å²) in [6.07, 6.45) is 2.54. The molecule has 1 aromatic heterocycles. The molecule has 0 aliphatic carbocycles. The van der Waals surface area contributed by atoms with E-state index in [1.54, 1.807) is 7.11 Å². The molecule has 4 rings (SSSR count). The van der Waals surface area contributed by atoms with Crippen molar-refractivity contribution in [1.82, 2.24) is 20.4 Å². The molecule has 0 bridgehead atoms. The minimum atomic E-state index is 0.00435. The van der Waals surface area contributed by atoms with Crippen LogP contribution < -0.4 is 10.1 Å². The number of amides is 1. The van der Waals surface area contributed by atoms with Gasteiger partial charge in [0.05, 0.1) is 19.7 Å². The first-order valence-electron chi connectivity index (χ1n) is 12.5. The molecule has 1 saturated heterocycles. The lowest BCUT2D eigenvalue weighted by molar-refractivity contribution is -0.127. The minimum Gasteiger partial charge on any atom is -0.497 e. The highest BCUT2D eigenvalue weighted by Crippen LogP contribution is 2.26. The van der Waals surface area contributed by atoms with Gasteiger partial charge in [0.15, 0.2) is 0 Å². The van der Waals surface area contributed by atoms with Crippen molar-refractivity contribution in [3.8, 4) is 17.1 Å². The van der Waals surface area contributed by atoms with E-state index in [0.29, 0.717) is 24.2 Å². The van der Waals surface area contributed by atoms with Crippen LogP contribution in [0.3, 0.4) is 0 Å². The van der Waals surface area contributed by atoms with E-state index >= 15 is 0 Å². The lowest BCUT2D eigenvalue weighted by atomic mass is 9.93. The van der Waals surface area contributed by atoms with Crippen LogP contribution >= 0.6 is 0 Å². The van der Waals surface area contributed by atoms with Crippen molar-refractivity contribution in [3.05, 3.63) is 65.5 Å². The zero-order chi connectivity index (χ0) is 24.8. The molecule has 1 unspecified atom stereocenters. The van der Waals surface area contributed by atoms with E-state index in [4.69, 9.17) is 9.26 Å². The Morgan fingerprint density at radius 1 is 1.14 bits per heavy atom. The molecule has 1 N–H and O–H groups in total. The second-order valence-corrected chi connectivity index (χ2v) is 9.84. The zero-order valence-corrected chi connectivity index (χ0v) is 21.2. The molecule has 0 spiro atoms. The van der Waals surface area contributed by atoms with E-state index in [2.05, 4.69) is 34.2 Å². The summed E-state index contributed by atoms with van der Waals surface area (Å²) in [5.74, 6) is 2.70. The van der Waals surface area contributed by atoms with Gasteiger partial charge in [0.1, 0.15) is 5.75 Å². The molecule has 2 aromatic carbocycles. The Morgan fingerprint density at radius 2 is 1.86 bits per heavy atom. The Labute approximate surface area is 207 Å². The highest BCUT2D eigenvalue weighted by molar-refractivity contribution is 5.79. The maximum atomic E-state index is 13.1. The minimum absolute atomic E-state index is 0.00435. The highest BCUT2D eigenvalue weighted by Gasteiger charge is 2.28. The lowest BCUT2D eigenvalue weighted by Crippen LogP contribution is -2.41. The van der Waals surface area contributed by atoms with Gasteiger partial charge in [-0.1, -0.05) is 55.4 Å². The first kappa shape index (κ1) is 24.9. The van der Waals surface area contributed by atoms with Crippen molar-refractivity contribution >= 4 is 5.91 Å². The Morgan fingerprint density at radius 3 is 2.51 bits per heavy atom. The number of aryl methyl sites for hydroxylation is 1. The average Bonchev–Trinajstić information content (AvgIpc) is 3.32. The van der Waals surface area contributed by atoms with Crippen LogP contribution in [-0.2, 0) is 11.3 Å². The van der Waals surface area contributed by atoms with Crippen LogP contribution in [0.2, 0.25) is 0 Å². The summed E-state index contributed by atoms with van der Waals surface area (Å²) >= 11 is 0. The Hall–Kier alpha value is -3.19. The summed E-state index contributed by atoms with van der Waals surface area (Å²) in [5.41, 5.74) is 3.23. The van der Waals surface area contributed by atoms with Gasteiger partial charge in [-0.05, 0) is 68.5 Å². The zero-order valence-electron chi connectivity index (χ0n) is 21.2. The number of likely N-dealkylation sites (tertiary alicyclic amines) is 1. The second-order valence-electron chi connectivity index (χ2n) is 9.84. The standard InChI is InChI=1S/C28H36N4O3/c1-19(2)17-25(21-9-11-23(34-4)12-10-21)29-28(33)22-13-15-32(16-14-22)18-26-30-27(31-35-26)24-8-6-5-7-20(24)3/h5-12,19,22,25H,13-18H2,1-4H3,(H,29,33). The van der Waals surface area contributed by atoms with Crippen molar-refractivity contribution in [2.45, 2.75) is 52.6 Å². The third-order valence-electron chi connectivity index (χ3n) is 6.71. The number of hydrogen-bond donors (Lipinski definition) is 1. The molecule has 1 aliphatic heterocycles. The summed E-state index contributed by atoms with van der Waals surface area (Å²) in [5, 5.41) is 7.49. The molecular formula is C28H36N4O3. The highest BCUT2D eigenvalue weighted by atomic mass is 16.5. The molecule has 35 heavy (non-hydrogen) atoms. The molecule has 1 aliphatic rings. The van der Waals surface area contributed by atoms with Crippen molar-refractivity contribution < 1.29 is 14.1 Å². The van der Waals surface area contributed by atoms with Gasteiger partial charge in [-0.15, -0.1) is 0 Å². The molecule has 2 heterocycles. The van der Waals surface area contributed by atoms with Crippen molar-refractivity contribution in [1.29, 1.82) is 0 Å². The number of hydrogen-bond acceptors (Lipinski definition) is 6. The fourth-order valence-electron chi connectivity index (χ4n) is 4.67. The van der Waals surface area contributed by atoms with Crippen LogP contribution in [0.4, 0.5) is 0 Å². The number of aromatic nitrogens is 2. The summed E-state index contributed by atoms with van der Waals surface area (Å²) in [6.45, 7) is 8.68. The monoisotopic (exact) mass is 476 g/mol. The maximum absolute atomic E-state index is 13.1. The summed E-state index contributed by atoms with van der Waals surface area (Å²) in [4.78, 5) is 20.0. The predicted octanol–water partition coefficient (Wildman–Crippen LogP) is 5.17. The molecule has 7 nitrogen and oxygen atoms in total. The Bertz CT molecular complexity index is 1100. The van der Waals surface area contributed by atoms with Gasteiger partial charge in [-0.2, -0.15) is 4.98 Å². The molecule has 186 valence electrons. The molecule has 7 heteroatoms. The van der Waals surface area contributed by atoms with E-state index in [9.17, 15) is 4.79 Å². The number of rotatable bonds is 9. The van der Waals surface area contributed by atoms with Crippen LogP contribution in [0.15, 0.2) is 53.1 Å². The predicted molar refractivity (Wildman–Crippen MR) is 136 cm³/mol. The maximum Gasteiger partial charge on any atom is 0.241 e. The molecule has 3 aromatic rings. The van der Waals surface area contributed by atoms with Crippen LogP contribution in [0.5, 0.6) is 5.75 Å². The Kier molecular flexibility index (Phi) is 8.18. The first-order chi connectivity index (χ1) is 16.9. The van der Waals surface area contributed by atoms with E-state index in [1.807, 2.05) is 55.5 Å². The summed E-state index contributed by atoms with van der Waals surface area (Å²) in [6, 6.07) is 16.0. The Balaban J connectivity index is 1.31. The normalized spacial score (nSPS) is 15.8. The molecule has 1 fully saturated rings. The lowest BCUT2D eigenvalue weighted by Gasteiger charge is -2.31. The number of carbonyl (C=O) groups is 1. The largest absolute Gasteiger partial charge is 0.497 e. The molecule has 0 radical (unpaired) electrons. The number of nitrogens with zero attached hydrogens (tertiary/aromatic N) is 3. The van der Waals surface area contributed by atoms with Crippen LogP contribution in [0.25, 0.3) is 11.4 Å².